The number of carbonyl (C=O) groups excluding carboxylic acids is 2. The number of ether oxygens (including phenoxy) is 2. The number of carbonyl (C=O) groups is 2. The van der Waals surface area contributed by atoms with Gasteiger partial charge >= 0.3 is 6.09 Å². The van der Waals surface area contributed by atoms with Crippen LogP contribution in [0, 0.1) is 0 Å². The highest BCUT2D eigenvalue weighted by Crippen LogP contribution is 2.26. The molecule has 1 aromatic heterocycles. The molecule has 0 radical (unpaired) electrons. The summed E-state index contributed by atoms with van der Waals surface area (Å²) in [5, 5.41) is 2.66. The summed E-state index contributed by atoms with van der Waals surface area (Å²) in [6, 6.07) is 11.3. The van der Waals surface area contributed by atoms with Crippen LogP contribution in [0.4, 0.5) is 10.5 Å². The number of nitrogens with one attached hydrogen (secondary N) is 1. The van der Waals surface area contributed by atoms with Crippen molar-refractivity contribution in [2.24, 2.45) is 0 Å². The maximum absolute atomic E-state index is 12.0. The average Bonchev–Trinajstić information content (AvgIpc) is 3.01. The maximum Gasteiger partial charge on any atom is 0.414 e. The molecule has 0 spiro atoms. The molecule has 3 rings (SSSR count). The zero-order valence-electron chi connectivity index (χ0n) is 14.1. The van der Waals surface area contributed by atoms with Crippen LogP contribution < -0.4 is 15.0 Å². The largest absolute Gasteiger partial charge is 0.481 e. The van der Waals surface area contributed by atoms with Gasteiger partial charge in [0.15, 0.2) is 0 Å². The molecule has 1 saturated heterocycles. The first-order chi connectivity index (χ1) is 12.1. The number of hydrogen-bond donors (Lipinski definition) is 1. The molecule has 0 aliphatic carbocycles. The van der Waals surface area contributed by atoms with Gasteiger partial charge in [-0.3, -0.25) is 9.69 Å². The van der Waals surface area contributed by atoms with Gasteiger partial charge in [-0.05, 0) is 23.8 Å². The second-order valence-electron chi connectivity index (χ2n) is 5.69. The smallest absolute Gasteiger partial charge is 0.414 e. The van der Waals surface area contributed by atoms with E-state index in [1.165, 1.54) is 6.92 Å². The van der Waals surface area contributed by atoms with E-state index in [1.54, 1.807) is 24.3 Å². The summed E-state index contributed by atoms with van der Waals surface area (Å²) < 4.78 is 10.3. The predicted molar refractivity (Wildman–Crippen MR) is 92.5 cm³/mol. The Hall–Kier alpha value is -3.09. The van der Waals surface area contributed by atoms with Crippen molar-refractivity contribution in [1.29, 1.82) is 0 Å². The van der Waals surface area contributed by atoms with Gasteiger partial charge in [0.05, 0.1) is 20.2 Å². The number of benzene rings is 1. The van der Waals surface area contributed by atoms with E-state index in [4.69, 9.17) is 9.47 Å². The van der Waals surface area contributed by atoms with E-state index in [0.717, 1.165) is 16.8 Å². The van der Waals surface area contributed by atoms with Crippen molar-refractivity contribution in [2.75, 3.05) is 25.1 Å². The summed E-state index contributed by atoms with van der Waals surface area (Å²) in [7, 11) is 1.57. The Balaban J connectivity index is 1.69. The van der Waals surface area contributed by atoms with E-state index in [2.05, 4.69) is 10.3 Å². The van der Waals surface area contributed by atoms with E-state index in [-0.39, 0.29) is 12.0 Å². The summed E-state index contributed by atoms with van der Waals surface area (Å²) in [5.74, 6) is 0.414. The number of anilines is 1. The third kappa shape index (κ3) is 3.88. The second-order valence-corrected chi connectivity index (χ2v) is 5.69. The third-order valence-corrected chi connectivity index (χ3v) is 3.91. The van der Waals surface area contributed by atoms with Gasteiger partial charge < -0.3 is 14.8 Å². The predicted octanol–water partition coefficient (Wildman–Crippen LogP) is 2.22. The van der Waals surface area contributed by atoms with Gasteiger partial charge in [0.2, 0.25) is 11.8 Å². The van der Waals surface area contributed by atoms with Gasteiger partial charge in [-0.1, -0.05) is 12.1 Å². The van der Waals surface area contributed by atoms with E-state index in [9.17, 15) is 9.59 Å². The summed E-state index contributed by atoms with van der Waals surface area (Å²) in [5.41, 5.74) is 2.70. The topological polar surface area (TPSA) is 80.8 Å². The molecule has 7 heteroatoms. The number of rotatable bonds is 5. The Morgan fingerprint density at radius 2 is 2.00 bits per heavy atom. The standard InChI is InChI=1S/C18H19N3O4/c1-12(22)19-10-16-11-21(18(23)25-16)15-6-3-13(4-7-15)14-5-8-17(24-2)20-9-14/h3-9,16H,10-11H2,1-2H3,(H,19,22). The fourth-order valence-corrected chi connectivity index (χ4v) is 2.60. The minimum Gasteiger partial charge on any atom is -0.481 e. The van der Waals surface area contributed by atoms with E-state index in [1.807, 2.05) is 30.3 Å². The van der Waals surface area contributed by atoms with Crippen molar-refractivity contribution in [3.05, 3.63) is 42.6 Å². The molecule has 0 bridgehead atoms. The zero-order chi connectivity index (χ0) is 17.8. The highest BCUT2D eigenvalue weighted by Gasteiger charge is 2.32. The maximum atomic E-state index is 12.0. The molecule has 7 nitrogen and oxygen atoms in total. The summed E-state index contributed by atoms with van der Waals surface area (Å²) >= 11 is 0. The Bertz CT molecular complexity index is 759. The lowest BCUT2D eigenvalue weighted by Crippen LogP contribution is -2.33. The molecule has 1 atom stereocenters. The molecule has 2 aromatic rings. The van der Waals surface area contributed by atoms with Gasteiger partial charge in [0, 0.05) is 30.4 Å². The third-order valence-electron chi connectivity index (χ3n) is 3.91. The SMILES string of the molecule is COc1ccc(-c2ccc(N3CC(CNC(C)=O)OC3=O)cc2)cn1. The number of pyridine rings is 1. The molecule has 2 heterocycles. The van der Waals surface area contributed by atoms with Crippen LogP contribution in [0.3, 0.4) is 0 Å². The fraction of sp³-hybridized carbons (Fsp3) is 0.278. The highest BCUT2D eigenvalue weighted by molar-refractivity contribution is 5.90. The molecular weight excluding hydrogens is 322 g/mol. The first-order valence-corrected chi connectivity index (χ1v) is 7.90. The molecule has 1 unspecified atom stereocenters. The van der Waals surface area contributed by atoms with Crippen LogP contribution in [-0.4, -0.2) is 43.3 Å². The number of methoxy groups -OCH3 is 1. The average molecular weight is 341 g/mol. The lowest BCUT2D eigenvalue weighted by atomic mass is 10.1. The monoisotopic (exact) mass is 341 g/mol. The van der Waals surface area contributed by atoms with Crippen LogP contribution in [0.5, 0.6) is 5.88 Å². The number of cyclic esters (lactones) is 1. The van der Waals surface area contributed by atoms with Gasteiger partial charge in [-0.25, -0.2) is 9.78 Å². The fourth-order valence-electron chi connectivity index (χ4n) is 2.60. The normalized spacial score (nSPS) is 16.5. The molecule has 0 saturated carbocycles. The molecule has 1 fully saturated rings. The first-order valence-electron chi connectivity index (χ1n) is 7.90. The molecule has 1 aromatic carbocycles. The van der Waals surface area contributed by atoms with Crippen molar-refractivity contribution in [2.45, 2.75) is 13.0 Å². The van der Waals surface area contributed by atoms with Crippen LogP contribution >= 0.6 is 0 Å². The van der Waals surface area contributed by atoms with E-state index in [0.29, 0.717) is 19.0 Å². The Kier molecular flexibility index (Phi) is 4.83. The number of hydrogen-bond acceptors (Lipinski definition) is 5. The molecular formula is C18H19N3O4. The Morgan fingerprint density at radius 1 is 1.28 bits per heavy atom. The zero-order valence-corrected chi connectivity index (χ0v) is 14.1. The molecule has 2 amide bonds. The second kappa shape index (κ2) is 7.21. The quantitative estimate of drug-likeness (QED) is 0.902. The van der Waals surface area contributed by atoms with E-state index >= 15 is 0 Å². The van der Waals surface area contributed by atoms with Crippen molar-refractivity contribution in [3.8, 4) is 17.0 Å². The first kappa shape index (κ1) is 16.8. The Labute approximate surface area is 145 Å². The Morgan fingerprint density at radius 3 is 2.60 bits per heavy atom. The van der Waals surface area contributed by atoms with Gasteiger partial charge in [0.1, 0.15) is 6.10 Å². The number of nitrogens with zero attached hydrogens (tertiary/aromatic N) is 2. The van der Waals surface area contributed by atoms with Crippen molar-refractivity contribution < 1.29 is 19.1 Å². The molecule has 130 valence electrons. The summed E-state index contributed by atoms with van der Waals surface area (Å²) in [4.78, 5) is 28.7. The highest BCUT2D eigenvalue weighted by atomic mass is 16.6. The van der Waals surface area contributed by atoms with Gasteiger partial charge in [-0.15, -0.1) is 0 Å². The molecule has 1 aliphatic rings. The van der Waals surface area contributed by atoms with Crippen LogP contribution in [0.2, 0.25) is 0 Å². The van der Waals surface area contributed by atoms with E-state index < -0.39 is 6.09 Å². The molecule has 1 aliphatic heterocycles. The van der Waals surface area contributed by atoms with Crippen LogP contribution in [0.1, 0.15) is 6.92 Å². The summed E-state index contributed by atoms with van der Waals surface area (Å²) in [6.07, 6.45) is 0.984. The number of aromatic nitrogens is 1. The van der Waals surface area contributed by atoms with Crippen LogP contribution in [-0.2, 0) is 9.53 Å². The van der Waals surface area contributed by atoms with Crippen molar-refractivity contribution in [3.63, 3.8) is 0 Å². The van der Waals surface area contributed by atoms with Gasteiger partial charge in [0.25, 0.3) is 0 Å². The van der Waals surface area contributed by atoms with Gasteiger partial charge in [-0.2, -0.15) is 0 Å². The van der Waals surface area contributed by atoms with Crippen molar-refractivity contribution >= 4 is 17.7 Å². The molecule has 1 N–H and O–H groups in total. The molecule has 25 heavy (non-hydrogen) atoms. The minimum atomic E-state index is -0.408. The van der Waals surface area contributed by atoms with Crippen LogP contribution in [0.15, 0.2) is 42.6 Å². The minimum absolute atomic E-state index is 0.146. The lowest BCUT2D eigenvalue weighted by molar-refractivity contribution is -0.119. The van der Waals surface area contributed by atoms with Crippen molar-refractivity contribution in [1.82, 2.24) is 10.3 Å². The summed E-state index contributed by atoms with van der Waals surface area (Å²) in [6.45, 7) is 2.15. The lowest BCUT2D eigenvalue weighted by Gasteiger charge is -2.13. The number of amides is 2. The van der Waals surface area contributed by atoms with Crippen LogP contribution in [0.25, 0.3) is 11.1 Å².